The lowest BCUT2D eigenvalue weighted by molar-refractivity contribution is -0.870. The summed E-state index contributed by atoms with van der Waals surface area (Å²) in [5.74, 6) is -7.62. The van der Waals surface area contributed by atoms with Crippen molar-refractivity contribution in [3.05, 3.63) is 100 Å². The van der Waals surface area contributed by atoms with Gasteiger partial charge in [-0.3, -0.25) is 47.9 Å². The van der Waals surface area contributed by atoms with Gasteiger partial charge in [-0.2, -0.15) is 11.8 Å². The number of phenols is 1. The SMILES string of the molecule is C[C@H](NC(=O)[C@H](Cc1ccccc1)NC(=O)c1ccc(Br)cc1)C(=O)N[C@@H](Cc1ccc(O)cc1)C(=O)N[C@@H](CCCC[N+](C)(C)C)C(=O)N[C@@H](CO)C(=O)N[C@@H](CCC(=O)O)C(=O)N[C@@H](CCCCNC(=O)CCCC[C@@H]1SC[C@@H]2NC(=O)N[C@@H]21)C(N)=O. The van der Waals surface area contributed by atoms with E-state index in [0.29, 0.717) is 60.7 Å². The summed E-state index contributed by atoms with van der Waals surface area (Å²) >= 11 is 5.15. The van der Waals surface area contributed by atoms with E-state index < -0.39 is 115 Å². The van der Waals surface area contributed by atoms with E-state index >= 15 is 0 Å². The normalized spacial score (nSPS) is 17.5. The number of hydrogen-bond acceptors (Lipinski definition) is 14. The number of phenolic OH excluding ortho intramolecular Hbond substituents is 1. The van der Waals surface area contributed by atoms with Crippen molar-refractivity contribution in [2.75, 3.05) is 46.6 Å². The Morgan fingerprint density at radius 2 is 1.18 bits per heavy atom. The Balaban J connectivity index is 1.22. The molecule has 3 aromatic carbocycles. The summed E-state index contributed by atoms with van der Waals surface area (Å²) in [6.07, 6.45) is 3.09. The van der Waals surface area contributed by atoms with Gasteiger partial charge in [0.15, 0.2) is 0 Å². The fourth-order valence-corrected chi connectivity index (χ4v) is 11.8. The Kier molecular flexibility index (Phi) is 29.1. The third kappa shape index (κ3) is 25.3. The molecule has 0 radical (unpaired) electrons. The van der Waals surface area contributed by atoms with Crippen LogP contribution in [0.1, 0.15) is 105 Å². The molecule has 10 atom stereocenters. The molecule has 11 amide bonds. The monoisotopic (exact) mass is 1320 g/mol. The number of nitrogens with zero attached hydrogens (tertiary/aromatic N) is 1. The third-order valence-electron chi connectivity index (χ3n) is 15.1. The maximum atomic E-state index is 14.5. The molecule has 5 rings (SSSR count). The van der Waals surface area contributed by atoms with E-state index in [1.54, 1.807) is 66.4 Å². The van der Waals surface area contributed by atoms with Crippen LogP contribution < -0.4 is 58.9 Å². The zero-order valence-corrected chi connectivity index (χ0v) is 53.1. The van der Waals surface area contributed by atoms with Crippen molar-refractivity contribution in [1.29, 1.82) is 0 Å². The van der Waals surface area contributed by atoms with E-state index in [0.717, 1.165) is 23.1 Å². The summed E-state index contributed by atoms with van der Waals surface area (Å²) in [7, 11) is 5.90. The van der Waals surface area contributed by atoms with Crippen LogP contribution in [0.15, 0.2) is 83.3 Å². The zero-order chi connectivity index (χ0) is 65.2. The summed E-state index contributed by atoms with van der Waals surface area (Å²) < 4.78 is 1.30. The fourth-order valence-electron chi connectivity index (χ4n) is 10.0. The number of quaternary nitrogens is 1. The number of carboxylic acids is 1. The van der Waals surface area contributed by atoms with Crippen LogP contribution in [0.2, 0.25) is 0 Å². The first-order chi connectivity index (χ1) is 42.3. The molecule has 0 saturated carbocycles. The molecule has 0 aromatic heterocycles. The van der Waals surface area contributed by atoms with Gasteiger partial charge in [-0.15, -0.1) is 0 Å². The Hall–Kier alpha value is -7.82. The number of carboxylic acid groups (broad SMARTS) is 1. The first-order valence-corrected chi connectivity index (χ1v) is 31.7. The Morgan fingerprint density at radius 1 is 0.629 bits per heavy atom. The fraction of sp³-hybridized carbons (Fsp3) is 0.525. The number of primary amides is 1. The summed E-state index contributed by atoms with van der Waals surface area (Å²) in [5, 5.41) is 57.1. The molecule has 2 aliphatic heterocycles. The van der Waals surface area contributed by atoms with Crippen molar-refractivity contribution in [3.63, 3.8) is 0 Å². The van der Waals surface area contributed by atoms with E-state index in [1.807, 2.05) is 21.1 Å². The number of benzene rings is 3. The van der Waals surface area contributed by atoms with E-state index in [4.69, 9.17) is 5.73 Å². The Morgan fingerprint density at radius 3 is 1.81 bits per heavy atom. The number of aliphatic hydroxyl groups is 1. The van der Waals surface area contributed by atoms with Gasteiger partial charge in [0.25, 0.3) is 5.91 Å². The number of nitrogens with two attached hydrogens (primary N) is 1. The van der Waals surface area contributed by atoms with Gasteiger partial charge >= 0.3 is 12.0 Å². The van der Waals surface area contributed by atoms with Gasteiger partial charge in [0, 0.05) is 53.3 Å². The van der Waals surface area contributed by atoms with Gasteiger partial charge in [-0.25, -0.2) is 4.79 Å². The number of hydrogen-bond donors (Lipinski definition) is 14. The topological polar surface area (TPSA) is 395 Å². The summed E-state index contributed by atoms with van der Waals surface area (Å²) in [6, 6.07) is 11.3. The second kappa shape index (κ2) is 36.0. The summed E-state index contributed by atoms with van der Waals surface area (Å²) in [5.41, 5.74) is 7.12. The third-order valence-corrected chi connectivity index (χ3v) is 17.1. The number of unbranched alkanes of at least 4 members (excludes halogenated alkanes) is 3. The standard InChI is InChI=1S/C61H85BrN12O14S/c1-36(65-58(85)45(32-37-14-6-5-7-15-37)70-55(82)39-22-24-40(62)25-23-39)54(81)69-46(33-38-20-26-41(76)27-21-38)59(86)67-43(17-11-13-31-74(2,3)4)56(83)71-47(34-75)60(87)68-44(28-29-51(78)79)57(84)66-42(53(63)80)16-10-12-30-64-50(77)19-9-8-18-49-52-48(35-89-49)72-61(88)73-52/h5-7,14-15,20-27,36,42-49,52,75H,8-13,16-19,28-35H2,1-4H3,(H13-,63,64,65,66,67,68,69,70,71,72,73,76,77,78,79,80,81,82,83,84,85,86,87,88)/p+1/t36-,42-,43-,44-,45-,46-,47-,48-,49-,52-/m0/s1. The average Bonchev–Trinajstić information content (AvgIpc) is 2.94. The van der Waals surface area contributed by atoms with Crippen molar-refractivity contribution in [2.45, 2.75) is 156 Å². The number of rotatable bonds is 38. The lowest BCUT2D eigenvalue weighted by Crippen LogP contribution is -2.60. The molecule has 15 N–H and O–H groups in total. The lowest BCUT2D eigenvalue weighted by atomic mass is 10.0. The highest BCUT2D eigenvalue weighted by Crippen LogP contribution is 2.33. The highest BCUT2D eigenvalue weighted by atomic mass is 79.9. The largest absolute Gasteiger partial charge is 0.508 e. The molecule has 2 saturated heterocycles. The molecule has 3 aromatic rings. The number of carbonyl (C=O) groups excluding carboxylic acids is 10. The quantitative estimate of drug-likeness (QED) is 0.0215. The number of fused-ring (bicyclic) bond motifs is 1. The van der Waals surface area contributed by atoms with E-state index in [2.05, 4.69) is 69.1 Å². The smallest absolute Gasteiger partial charge is 0.315 e. The Bertz CT molecular complexity index is 2900. The molecule has 2 aliphatic rings. The van der Waals surface area contributed by atoms with E-state index in [9.17, 15) is 68.1 Å². The number of carbonyl (C=O) groups is 11. The molecule has 0 unspecified atom stereocenters. The first-order valence-electron chi connectivity index (χ1n) is 29.9. The minimum absolute atomic E-state index is 0.00847. The van der Waals surface area contributed by atoms with Crippen LogP contribution in [-0.2, 0) is 56.0 Å². The molecule has 0 bridgehead atoms. The molecular weight excluding hydrogens is 1240 g/mol. The molecular formula is C61H86BrN12O14S+. The number of halogens is 1. The number of aliphatic hydroxyl groups excluding tert-OH is 1. The molecule has 486 valence electrons. The van der Waals surface area contributed by atoms with Gasteiger partial charge in [-0.1, -0.05) is 64.8 Å². The molecule has 0 aliphatic carbocycles. The average molecular weight is 1320 g/mol. The van der Waals surface area contributed by atoms with Gasteiger partial charge in [0.1, 0.15) is 48.0 Å². The minimum Gasteiger partial charge on any atom is -0.508 e. The number of aromatic hydroxyl groups is 1. The van der Waals surface area contributed by atoms with Crippen LogP contribution in [0.4, 0.5) is 4.79 Å². The van der Waals surface area contributed by atoms with Crippen molar-refractivity contribution in [1.82, 2.24) is 53.2 Å². The first kappa shape index (κ1) is 71.9. The second-order valence-electron chi connectivity index (χ2n) is 23.4. The summed E-state index contributed by atoms with van der Waals surface area (Å²) in [6.45, 7) is 1.29. The molecule has 26 nitrogen and oxygen atoms in total. The number of urea groups is 1. The van der Waals surface area contributed by atoms with Crippen molar-refractivity contribution in [3.8, 4) is 5.75 Å². The maximum absolute atomic E-state index is 14.5. The van der Waals surface area contributed by atoms with E-state index in [-0.39, 0.29) is 72.8 Å². The highest BCUT2D eigenvalue weighted by Gasteiger charge is 2.43. The highest BCUT2D eigenvalue weighted by molar-refractivity contribution is 9.10. The summed E-state index contributed by atoms with van der Waals surface area (Å²) in [4.78, 5) is 146. The van der Waals surface area contributed by atoms with Gasteiger partial charge in [-0.05, 0) is 112 Å². The predicted octanol–water partition coefficient (Wildman–Crippen LogP) is 0.898. The number of amides is 11. The zero-order valence-electron chi connectivity index (χ0n) is 50.7. The molecule has 2 heterocycles. The molecule has 28 heteroatoms. The van der Waals surface area contributed by atoms with Crippen molar-refractivity contribution in [2.24, 2.45) is 5.73 Å². The maximum Gasteiger partial charge on any atom is 0.315 e. The Labute approximate surface area is 530 Å². The van der Waals surface area contributed by atoms with E-state index in [1.165, 1.54) is 31.2 Å². The molecule has 2 fully saturated rings. The number of thioether (sulfide) groups is 1. The second-order valence-corrected chi connectivity index (χ2v) is 25.6. The van der Waals surface area contributed by atoms with Crippen LogP contribution in [-0.4, -0.2) is 191 Å². The number of nitrogens with one attached hydrogen (secondary N) is 10. The molecule has 0 spiro atoms. The predicted molar refractivity (Wildman–Crippen MR) is 335 cm³/mol. The van der Waals surface area contributed by atoms with Gasteiger partial charge in [0.2, 0.25) is 47.3 Å². The van der Waals surface area contributed by atoms with Gasteiger partial charge in [0.05, 0.1) is 46.4 Å². The van der Waals surface area contributed by atoms with Gasteiger partial charge < -0.3 is 78.7 Å². The minimum atomic E-state index is -1.77. The molecule has 89 heavy (non-hydrogen) atoms. The van der Waals surface area contributed by atoms with Crippen molar-refractivity contribution < 1.29 is 72.5 Å². The van der Waals surface area contributed by atoms with Crippen LogP contribution in [0.25, 0.3) is 0 Å². The van der Waals surface area contributed by atoms with Crippen molar-refractivity contribution >= 4 is 92.9 Å². The van der Waals surface area contributed by atoms with Crippen LogP contribution in [0, 0.1) is 0 Å². The number of aliphatic carboxylic acids is 1. The lowest BCUT2D eigenvalue weighted by Gasteiger charge is -2.27. The van der Waals surface area contributed by atoms with Crippen LogP contribution in [0.3, 0.4) is 0 Å². The van der Waals surface area contributed by atoms with Crippen LogP contribution >= 0.6 is 27.7 Å². The van der Waals surface area contributed by atoms with Crippen LogP contribution in [0.5, 0.6) is 5.75 Å².